The Kier molecular flexibility index (Phi) is 4.52. The van der Waals surface area contributed by atoms with Crippen LogP contribution in [-0.2, 0) is 10.2 Å². The van der Waals surface area contributed by atoms with E-state index in [0.29, 0.717) is 5.56 Å². The smallest absolute Gasteiger partial charge is 0.335 e. The van der Waals surface area contributed by atoms with E-state index >= 15 is 0 Å². The van der Waals surface area contributed by atoms with Crippen molar-refractivity contribution in [2.45, 2.75) is 45.1 Å². The second-order valence-corrected chi connectivity index (χ2v) is 6.60. The van der Waals surface area contributed by atoms with Gasteiger partial charge in [-0.2, -0.15) is 0 Å². The van der Waals surface area contributed by atoms with E-state index in [2.05, 4.69) is 9.88 Å². The Bertz CT molecular complexity index is 523. The summed E-state index contributed by atoms with van der Waals surface area (Å²) in [5, 5.41) is 9.32. The summed E-state index contributed by atoms with van der Waals surface area (Å²) < 4.78 is 5.43. The van der Waals surface area contributed by atoms with E-state index in [9.17, 15) is 9.90 Å². The molecule has 0 aromatic carbocycles. The first kappa shape index (κ1) is 15.8. The second-order valence-electron chi connectivity index (χ2n) is 6.60. The molecule has 1 atom stereocenters. The van der Waals surface area contributed by atoms with Gasteiger partial charge in [-0.1, -0.05) is 20.8 Å². The first-order valence-corrected chi connectivity index (χ1v) is 7.35. The van der Waals surface area contributed by atoms with Crippen molar-refractivity contribution in [2.24, 2.45) is 0 Å². The van der Waals surface area contributed by atoms with E-state index in [4.69, 9.17) is 4.74 Å². The Morgan fingerprint density at radius 3 is 2.71 bits per heavy atom. The van der Waals surface area contributed by atoms with E-state index in [-0.39, 0.29) is 11.5 Å². The van der Waals surface area contributed by atoms with Gasteiger partial charge in [0, 0.05) is 31.3 Å². The highest BCUT2D eigenvalue weighted by molar-refractivity contribution is 5.88. The SMILES string of the molecule is COC1CCCN(c2cc(C(=O)O)cc(C(C)(C)C)n2)C1. The van der Waals surface area contributed by atoms with Gasteiger partial charge in [0.15, 0.2) is 0 Å². The molecule has 1 aliphatic heterocycles. The van der Waals surface area contributed by atoms with Crippen molar-refractivity contribution in [1.29, 1.82) is 0 Å². The Morgan fingerprint density at radius 1 is 1.43 bits per heavy atom. The number of carboxylic acids is 1. The predicted molar refractivity (Wildman–Crippen MR) is 82.1 cm³/mol. The average molecular weight is 292 g/mol. The molecule has 21 heavy (non-hydrogen) atoms. The summed E-state index contributed by atoms with van der Waals surface area (Å²) in [5.74, 6) is -0.175. The minimum absolute atomic E-state index is 0.184. The molecule has 1 saturated heterocycles. The Labute approximate surface area is 125 Å². The maximum Gasteiger partial charge on any atom is 0.335 e. The fourth-order valence-corrected chi connectivity index (χ4v) is 2.52. The summed E-state index contributed by atoms with van der Waals surface area (Å²) in [7, 11) is 1.72. The van der Waals surface area contributed by atoms with E-state index in [0.717, 1.165) is 37.4 Å². The highest BCUT2D eigenvalue weighted by Gasteiger charge is 2.24. The summed E-state index contributed by atoms with van der Waals surface area (Å²) in [6.45, 7) is 7.77. The number of anilines is 1. The third kappa shape index (κ3) is 3.73. The van der Waals surface area contributed by atoms with Crippen molar-refractivity contribution in [3.63, 3.8) is 0 Å². The van der Waals surface area contributed by atoms with Gasteiger partial charge in [-0.25, -0.2) is 9.78 Å². The van der Waals surface area contributed by atoms with E-state index in [1.807, 2.05) is 20.8 Å². The van der Waals surface area contributed by atoms with Crippen LogP contribution in [0.4, 0.5) is 5.82 Å². The molecule has 5 nitrogen and oxygen atoms in total. The minimum atomic E-state index is -0.913. The van der Waals surface area contributed by atoms with Crippen LogP contribution in [-0.4, -0.2) is 42.4 Å². The zero-order valence-electron chi connectivity index (χ0n) is 13.2. The molecule has 1 fully saturated rings. The standard InChI is InChI=1S/C16H24N2O3/c1-16(2,3)13-8-11(15(19)20)9-14(17-13)18-7-5-6-12(10-18)21-4/h8-9,12H,5-7,10H2,1-4H3,(H,19,20). The van der Waals surface area contributed by atoms with Crippen molar-refractivity contribution in [1.82, 2.24) is 4.98 Å². The van der Waals surface area contributed by atoms with Crippen LogP contribution in [0.15, 0.2) is 12.1 Å². The van der Waals surface area contributed by atoms with E-state index < -0.39 is 5.97 Å². The molecule has 116 valence electrons. The number of carbonyl (C=O) groups is 1. The largest absolute Gasteiger partial charge is 0.478 e. The van der Waals surface area contributed by atoms with Gasteiger partial charge in [0.1, 0.15) is 5.82 Å². The Morgan fingerprint density at radius 2 is 2.14 bits per heavy atom. The topological polar surface area (TPSA) is 62.7 Å². The molecule has 0 radical (unpaired) electrons. The zero-order chi connectivity index (χ0) is 15.6. The predicted octanol–water partition coefficient (Wildman–Crippen LogP) is 2.69. The Balaban J connectivity index is 2.38. The van der Waals surface area contributed by atoms with Crippen molar-refractivity contribution >= 4 is 11.8 Å². The van der Waals surface area contributed by atoms with E-state index in [1.54, 1.807) is 19.2 Å². The molecule has 2 rings (SSSR count). The molecule has 0 aliphatic carbocycles. The van der Waals surface area contributed by atoms with Crippen molar-refractivity contribution in [2.75, 3.05) is 25.1 Å². The van der Waals surface area contributed by atoms with Gasteiger partial charge in [0.25, 0.3) is 0 Å². The maximum atomic E-state index is 11.4. The first-order valence-electron chi connectivity index (χ1n) is 7.35. The van der Waals surface area contributed by atoms with Gasteiger partial charge in [-0.3, -0.25) is 0 Å². The molecule has 1 aliphatic rings. The van der Waals surface area contributed by atoms with Crippen LogP contribution in [0, 0.1) is 0 Å². The molecule has 1 unspecified atom stereocenters. The van der Waals surface area contributed by atoms with Gasteiger partial charge in [0.2, 0.25) is 0 Å². The number of rotatable bonds is 3. The third-order valence-corrected chi connectivity index (χ3v) is 3.86. The molecule has 0 amide bonds. The number of methoxy groups -OCH3 is 1. The lowest BCUT2D eigenvalue weighted by Gasteiger charge is -2.33. The number of piperidine rings is 1. The molecular weight excluding hydrogens is 268 g/mol. The van der Waals surface area contributed by atoms with Crippen LogP contribution in [0.5, 0.6) is 0 Å². The summed E-state index contributed by atoms with van der Waals surface area (Å²) in [6.07, 6.45) is 2.26. The van der Waals surface area contributed by atoms with Gasteiger partial charge in [0.05, 0.1) is 11.7 Å². The molecule has 5 heteroatoms. The van der Waals surface area contributed by atoms with Gasteiger partial charge < -0.3 is 14.7 Å². The summed E-state index contributed by atoms with van der Waals surface area (Å²) in [6, 6.07) is 3.33. The molecule has 1 aromatic rings. The minimum Gasteiger partial charge on any atom is -0.478 e. The van der Waals surface area contributed by atoms with Crippen molar-refractivity contribution < 1.29 is 14.6 Å². The number of ether oxygens (including phenoxy) is 1. The highest BCUT2D eigenvalue weighted by Crippen LogP contribution is 2.26. The number of hydrogen-bond acceptors (Lipinski definition) is 4. The third-order valence-electron chi connectivity index (χ3n) is 3.86. The molecule has 0 saturated carbocycles. The number of carboxylic acid groups (broad SMARTS) is 1. The quantitative estimate of drug-likeness (QED) is 0.928. The fraction of sp³-hybridized carbons (Fsp3) is 0.625. The first-order chi connectivity index (χ1) is 9.81. The monoisotopic (exact) mass is 292 g/mol. The average Bonchev–Trinajstić information content (AvgIpc) is 2.46. The van der Waals surface area contributed by atoms with Crippen LogP contribution < -0.4 is 4.90 Å². The maximum absolute atomic E-state index is 11.4. The molecular formula is C16H24N2O3. The summed E-state index contributed by atoms with van der Waals surface area (Å²) in [5.41, 5.74) is 0.915. The molecule has 1 N–H and O–H groups in total. The number of aromatic nitrogens is 1. The molecule has 1 aromatic heterocycles. The van der Waals surface area contributed by atoms with Crippen LogP contribution in [0.1, 0.15) is 49.7 Å². The summed E-state index contributed by atoms with van der Waals surface area (Å²) in [4.78, 5) is 18.2. The van der Waals surface area contributed by atoms with Crippen LogP contribution >= 0.6 is 0 Å². The van der Waals surface area contributed by atoms with Crippen LogP contribution in [0.25, 0.3) is 0 Å². The van der Waals surface area contributed by atoms with Crippen molar-refractivity contribution in [3.8, 4) is 0 Å². The lowest BCUT2D eigenvalue weighted by atomic mass is 9.90. The normalized spacial score (nSPS) is 19.6. The van der Waals surface area contributed by atoms with Crippen molar-refractivity contribution in [3.05, 3.63) is 23.4 Å². The lowest BCUT2D eigenvalue weighted by molar-refractivity contribution is 0.0696. The van der Waals surface area contributed by atoms with Crippen LogP contribution in [0.2, 0.25) is 0 Å². The fourth-order valence-electron chi connectivity index (χ4n) is 2.52. The van der Waals surface area contributed by atoms with Crippen LogP contribution in [0.3, 0.4) is 0 Å². The number of nitrogens with zero attached hydrogens (tertiary/aromatic N) is 2. The second kappa shape index (κ2) is 6.02. The number of pyridine rings is 1. The van der Waals surface area contributed by atoms with Gasteiger partial charge >= 0.3 is 5.97 Å². The number of aromatic carboxylic acids is 1. The molecule has 0 spiro atoms. The highest BCUT2D eigenvalue weighted by atomic mass is 16.5. The molecule has 0 bridgehead atoms. The zero-order valence-corrected chi connectivity index (χ0v) is 13.2. The summed E-state index contributed by atoms with van der Waals surface area (Å²) >= 11 is 0. The van der Waals surface area contributed by atoms with Gasteiger partial charge in [-0.15, -0.1) is 0 Å². The van der Waals surface area contributed by atoms with E-state index in [1.165, 1.54) is 0 Å². The number of hydrogen-bond donors (Lipinski definition) is 1. The van der Waals surface area contributed by atoms with Gasteiger partial charge in [-0.05, 0) is 25.0 Å². The lowest BCUT2D eigenvalue weighted by Crippen LogP contribution is -2.40. The Hall–Kier alpha value is -1.62. The molecule has 2 heterocycles.